The Labute approximate surface area is 233 Å². The van der Waals surface area contributed by atoms with E-state index >= 15 is 0 Å². The van der Waals surface area contributed by atoms with Gasteiger partial charge in [-0.3, -0.25) is 9.59 Å². The Balaban J connectivity index is 1.51. The van der Waals surface area contributed by atoms with Gasteiger partial charge in [0.2, 0.25) is 5.82 Å². The molecule has 2 N–H and O–H groups in total. The van der Waals surface area contributed by atoms with Crippen molar-refractivity contribution in [1.29, 1.82) is 0 Å². The Kier molecular flexibility index (Phi) is 7.34. The lowest BCUT2D eigenvalue weighted by Gasteiger charge is -2.15. The highest BCUT2D eigenvalue weighted by Crippen LogP contribution is 2.28. The molecule has 1 aliphatic carbocycles. The van der Waals surface area contributed by atoms with Crippen molar-refractivity contribution >= 4 is 51.7 Å². The van der Waals surface area contributed by atoms with E-state index in [0.717, 1.165) is 21.2 Å². The van der Waals surface area contributed by atoms with Gasteiger partial charge in [0.25, 0.3) is 11.8 Å². The van der Waals surface area contributed by atoms with E-state index in [1.165, 1.54) is 16.9 Å². The molecule has 1 fully saturated rings. The highest BCUT2D eigenvalue weighted by molar-refractivity contribution is 14.1. The third-order valence-corrected chi connectivity index (χ3v) is 6.51. The molecule has 0 radical (unpaired) electrons. The number of carbonyl (C=O) groups is 2. The Hall–Kier alpha value is -3.53. The molecule has 0 saturated heterocycles. The number of tetrazole rings is 1. The van der Waals surface area contributed by atoms with Crippen LogP contribution in [0.1, 0.15) is 57.2 Å². The van der Waals surface area contributed by atoms with E-state index < -0.39 is 18.2 Å². The summed E-state index contributed by atoms with van der Waals surface area (Å²) >= 11 is 8.45. The maximum absolute atomic E-state index is 13.6. The summed E-state index contributed by atoms with van der Waals surface area (Å²) in [5.74, 6) is -1.41. The van der Waals surface area contributed by atoms with Gasteiger partial charge in [0, 0.05) is 15.8 Å². The number of carbonyl (C=O) groups excluding carboxylic acids is 2. The SMILES string of the molecule is Cc1cc(I)cc(C(=O)NC2CC2)c1NC(=O)c1cc(Cn2nnc(C(F)F)n2)nn1-c1ncccc1Cl. The minimum Gasteiger partial charge on any atom is -0.349 e. The molecule has 196 valence electrons. The standard InChI is InChI=1S/C23H19ClF2IN9O2/c1-11-7-12(27)8-15(22(37)29-13-4-5-13)18(11)30-23(38)17-9-14(10-35-33-20(19(25)26)31-34-35)32-36(17)21-16(24)3-2-6-28-21/h2-3,6-9,13,19H,4-5,10H2,1H3,(H,29,37)(H,30,38). The van der Waals surface area contributed by atoms with Crippen molar-refractivity contribution in [2.45, 2.75) is 38.8 Å². The number of amides is 2. The summed E-state index contributed by atoms with van der Waals surface area (Å²) in [4.78, 5) is 31.7. The molecule has 3 aromatic heterocycles. The number of alkyl halides is 2. The molecule has 38 heavy (non-hydrogen) atoms. The zero-order chi connectivity index (χ0) is 27.0. The van der Waals surface area contributed by atoms with Crippen LogP contribution in [0, 0.1) is 10.5 Å². The molecular weight excluding hydrogens is 635 g/mol. The molecule has 5 rings (SSSR count). The number of hydrogen-bond donors (Lipinski definition) is 2. The Morgan fingerprint density at radius 3 is 2.68 bits per heavy atom. The van der Waals surface area contributed by atoms with Gasteiger partial charge in [0.05, 0.1) is 22.0 Å². The summed E-state index contributed by atoms with van der Waals surface area (Å²) in [6, 6.07) is 8.34. The van der Waals surface area contributed by atoms with Gasteiger partial charge in [-0.1, -0.05) is 11.6 Å². The third kappa shape index (κ3) is 5.65. The topological polar surface area (TPSA) is 133 Å². The van der Waals surface area contributed by atoms with Crippen LogP contribution >= 0.6 is 34.2 Å². The van der Waals surface area contributed by atoms with Crippen LogP contribution in [0.4, 0.5) is 14.5 Å². The number of nitrogens with one attached hydrogen (secondary N) is 2. The largest absolute Gasteiger partial charge is 0.349 e. The fraction of sp³-hybridized carbons (Fsp3) is 0.261. The van der Waals surface area contributed by atoms with Gasteiger partial charge in [0.15, 0.2) is 5.82 Å². The van der Waals surface area contributed by atoms with Crippen LogP contribution in [-0.2, 0) is 6.54 Å². The lowest BCUT2D eigenvalue weighted by Crippen LogP contribution is -2.28. The Morgan fingerprint density at radius 1 is 1.21 bits per heavy atom. The summed E-state index contributed by atoms with van der Waals surface area (Å²) in [6.45, 7) is 1.65. The maximum atomic E-state index is 13.6. The molecule has 1 saturated carbocycles. The normalized spacial score (nSPS) is 13.1. The smallest absolute Gasteiger partial charge is 0.301 e. The predicted octanol–water partition coefficient (Wildman–Crippen LogP) is 3.95. The molecule has 0 unspecified atom stereocenters. The van der Waals surface area contributed by atoms with E-state index in [1.807, 2.05) is 6.07 Å². The monoisotopic (exact) mass is 653 g/mol. The van der Waals surface area contributed by atoms with Crippen molar-refractivity contribution in [3.63, 3.8) is 0 Å². The molecule has 11 nitrogen and oxygen atoms in total. The summed E-state index contributed by atoms with van der Waals surface area (Å²) in [6.07, 6.45) is 0.450. The van der Waals surface area contributed by atoms with Crippen LogP contribution in [0.3, 0.4) is 0 Å². The van der Waals surface area contributed by atoms with Crippen molar-refractivity contribution in [3.8, 4) is 5.82 Å². The first kappa shape index (κ1) is 26.1. The summed E-state index contributed by atoms with van der Waals surface area (Å²) in [5, 5.41) is 21.0. The maximum Gasteiger partial charge on any atom is 0.301 e. The highest BCUT2D eigenvalue weighted by Gasteiger charge is 2.27. The number of pyridine rings is 1. The second kappa shape index (κ2) is 10.7. The molecule has 0 aliphatic heterocycles. The zero-order valence-electron chi connectivity index (χ0n) is 19.7. The van der Waals surface area contributed by atoms with Crippen LogP contribution < -0.4 is 10.6 Å². The van der Waals surface area contributed by atoms with Crippen molar-refractivity contribution in [2.75, 3.05) is 5.32 Å². The molecule has 1 aromatic carbocycles. The van der Waals surface area contributed by atoms with Crippen molar-refractivity contribution in [2.24, 2.45) is 0 Å². The average Bonchev–Trinajstić information content (AvgIpc) is 3.38. The number of aromatic nitrogens is 7. The molecule has 2 amide bonds. The number of hydrogen-bond acceptors (Lipinski definition) is 7. The Bertz CT molecular complexity index is 1540. The second-order valence-electron chi connectivity index (χ2n) is 8.57. The first-order valence-electron chi connectivity index (χ1n) is 11.4. The van der Waals surface area contributed by atoms with Gasteiger partial charge < -0.3 is 10.6 Å². The van der Waals surface area contributed by atoms with Gasteiger partial charge in [-0.15, -0.1) is 10.2 Å². The summed E-state index contributed by atoms with van der Waals surface area (Å²) in [5.41, 5.74) is 1.69. The quantitative estimate of drug-likeness (QED) is 0.275. The predicted molar refractivity (Wildman–Crippen MR) is 141 cm³/mol. The van der Waals surface area contributed by atoms with E-state index in [2.05, 4.69) is 58.7 Å². The third-order valence-electron chi connectivity index (χ3n) is 5.60. The number of anilines is 1. The van der Waals surface area contributed by atoms with E-state index in [9.17, 15) is 18.4 Å². The van der Waals surface area contributed by atoms with Crippen LogP contribution in [0.2, 0.25) is 5.02 Å². The van der Waals surface area contributed by atoms with Crippen LogP contribution in [0.15, 0.2) is 36.5 Å². The van der Waals surface area contributed by atoms with Crippen molar-refractivity contribution in [1.82, 2.24) is 40.3 Å². The van der Waals surface area contributed by atoms with Gasteiger partial charge in [-0.2, -0.15) is 9.90 Å². The molecule has 15 heteroatoms. The number of aryl methyl sites for hydroxylation is 1. The lowest BCUT2D eigenvalue weighted by atomic mass is 10.1. The van der Waals surface area contributed by atoms with Crippen molar-refractivity contribution < 1.29 is 18.4 Å². The number of halogens is 4. The van der Waals surface area contributed by atoms with E-state index in [0.29, 0.717) is 16.8 Å². The Morgan fingerprint density at radius 2 is 2.00 bits per heavy atom. The first-order chi connectivity index (χ1) is 18.2. The number of rotatable bonds is 8. The number of benzene rings is 1. The van der Waals surface area contributed by atoms with Crippen molar-refractivity contribution in [3.05, 3.63) is 73.5 Å². The first-order valence-corrected chi connectivity index (χ1v) is 12.8. The fourth-order valence-electron chi connectivity index (χ4n) is 3.68. The molecule has 1 aliphatic rings. The lowest BCUT2D eigenvalue weighted by molar-refractivity contribution is 0.0951. The van der Waals surface area contributed by atoms with E-state index in [-0.39, 0.29) is 40.7 Å². The molecule has 3 heterocycles. The van der Waals surface area contributed by atoms with Crippen LogP contribution in [0.5, 0.6) is 0 Å². The van der Waals surface area contributed by atoms with Gasteiger partial charge >= 0.3 is 6.43 Å². The fourth-order valence-corrected chi connectivity index (χ4v) is 4.66. The second-order valence-corrected chi connectivity index (χ2v) is 10.2. The molecule has 0 atom stereocenters. The van der Waals surface area contributed by atoms with Gasteiger partial charge in [0.1, 0.15) is 12.2 Å². The highest BCUT2D eigenvalue weighted by atomic mass is 127. The molecular formula is C23H19ClF2IN9O2. The van der Waals surface area contributed by atoms with Crippen LogP contribution in [0.25, 0.3) is 5.82 Å². The molecule has 4 aromatic rings. The van der Waals surface area contributed by atoms with E-state index in [4.69, 9.17) is 11.6 Å². The summed E-state index contributed by atoms with van der Waals surface area (Å²) in [7, 11) is 0. The minimum absolute atomic E-state index is 0.0429. The average molecular weight is 654 g/mol. The van der Waals surface area contributed by atoms with Gasteiger partial charge in [-0.05, 0) is 83.5 Å². The summed E-state index contributed by atoms with van der Waals surface area (Å²) < 4.78 is 27.8. The van der Waals surface area contributed by atoms with E-state index in [1.54, 1.807) is 25.1 Å². The number of nitrogens with zero attached hydrogens (tertiary/aromatic N) is 7. The molecule has 0 bridgehead atoms. The van der Waals surface area contributed by atoms with Crippen LogP contribution in [-0.4, -0.2) is 52.8 Å². The minimum atomic E-state index is -2.88. The molecule has 0 spiro atoms. The van der Waals surface area contributed by atoms with Gasteiger partial charge in [-0.25, -0.2) is 18.4 Å². The zero-order valence-corrected chi connectivity index (χ0v) is 22.6.